The number of rotatable bonds is 2. The van der Waals surface area contributed by atoms with Gasteiger partial charge < -0.3 is 9.47 Å². The molecule has 0 aromatic heterocycles. The molecule has 2 radical (unpaired) electrons. The predicted molar refractivity (Wildman–Crippen MR) is 23.6 cm³/mol. The van der Waals surface area contributed by atoms with Crippen molar-refractivity contribution in [2.24, 2.45) is 0 Å². The standard InChI is InChI=1S/C3H7BO2.Zn/c1-5-3(4)6-2;/h3H,1-2H3;. The van der Waals surface area contributed by atoms with Crippen LogP contribution in [0.5, 0.6) is 0 Å². The van der Waals surface area contributed by atoms with Crippen LogP contribution < -0.4 is 0 Å². The van der Waals surface area contributed by atoms with Gasteiger partial charge >= 0.3 is 0 Å². The van der Waals surface area contributed by atoms with Crippen molar-refractivity contribution in [2.45, 2.75) is 6.19 Å². The van der Waals surface area contributed by atoms with Crippen LogP contribution in [-0.2, 0) is 29.0 Å². The van der Waals surface area contributed by atoms with Crippen LogP contribution in [0.3, 0.4) is 0 Å². The average molecular weight is 151 g/mol. The molecule has 0 unspecified atom stereocenters. The molecule has 0 aliphatic rings. The first-order chi connectivity index (χ1) is 2.81. The second kappa shape index (κ2) is 6.61. The summed E-state index contributed by atoms with van der Waals surface area (Å²) >= 11 is 0. The molecule has 0 aromatic carbocycles. The molecule has 0 spiro atoms. The van der Waals surface area contributed by atoms with Crippen LogP contribution in [0.25, 0.3) is 0 Å². The Labute approximate surface area is 57.7 Å². The Kier molecular flexibility index (Phi) is 9.97. The van der Waals surface area contributed by atoms with Crippen molar-refractivity contribution < 1.29 is 29.0 Å². The van der Waals surface area contributed by atoms with Crippen LogP contribution in [0, 0.1) is 0 Å². The molecule has 0 atom stereocenters. The number of hydrogen-bond donors (Lipinski definition) is 0. The summed E-state index contributed by atoms with van der Waals surface area (Å²) in [5, 5.41) is 0. The quantitative estimate of drug-likeness (QED) is 0.399. The topological polar surface area (TPSA) is 18.5 Å². The Morgan fingerprint density at radius 3 is 1.57 bits per heavy atom. The zero-order valence-corrected chi connectivity index (χ0v) is 7.65. The van der Waals surface area contributed by atoms with Gasteiger partial charge in [-0.3, -0.25) is 0 Å². The van der Waals surface area contributed by atoms with Gasteiger partial charge in [0.1, 0.15) is 14.0 Å². The fourth-order valence-corrected chi connectivity index (χ4v) is 0.0962. The molecule has 0 bridgehead atoms. The van der Waals surface area contributed by atoms with Crippen molar-refractivity contribution >= 4 is 7.85 Å². The largest absolute Gasteiger partial charge is 0.365 e. The maximum absolute atomic E-state index is 5.03. The van der Waals surface area contributed by atoms with Gasteiger partial charge in [-0.15, -0.1) is 0 Å². The Morgan fingerprint density at radius 2 is 1.57 bits per heavy atom. The van der Waals surface area contributed by atoms with Crippen molar-refractivity contribution in [1.82, 2.24) is 0 Å². The summed E-state index contributed by atoms with van der Waals surface area (Å²) in [4.78, 5) is 0. The molecule has 0 saturated heterocycles. The summed E-state index contributed by atoms with van der Waals surface area (Å²) in [7, 11) is 7.99. The summed E-state index contributed by atoms with van der Waals surface area (Å²) in [5.41, 5.74) is 0. The van der Waals surface area contributed by atoms with Gasteiger partial charge in [-0.25, -0.2) is 0 Å². The van der Waals surface area contributed by atoms with E-state index in [1.165, 1.54) is 14.2 Å². The Hall–Kier alpha value is 0.608. The van der Waals surface area contributed by atoms with Crippen molar-refractivity contribution in [1.29, 1.82) is 0 Å². The summed E-state index contributed by atoms with van der Waals surface area (Å²) in [6.45, 7) is 0. The Morgan fingerprint density at radius 1 is 1.29 bits per heavy atom. The summed E-state index contributed by atoms with van der Waals surface area (Å²) < 4.78 is 8.91. The van der Waals surface area contributed by atoms with Crippen LogP contribution in [0.1, 0.15) is 0 Å². The number of methoxy groups -OCH3 is 2. The maximum atomic E-state index is 5.03. The van der Waals surface area contributed by atoms with Gasteiger partial charge in [0.15, 0.2) is 0 Å². The Bertz CT molecular complexity index is 32.1. The van der Waals surface area contributed by atoms with E-state index in [0.717, 1.165) is 0 Å². The molecule has 0 amide bonds. The van der Waals surface area contributed by atoms with E-state index in [9.17, 15) is 0 Å². The van der Waals surface area contributed by atoms with Gasteiger partial charge in [0.2, 0.25) is 0 Å². The van der Waals surface area contributed by atoms with Crippen LogP contribution in [-0.4, -0.2) is 28.3 Å². The third-order valence-corrected chi connectivity index (χ3v) is 0.465. The SMILES string of the molecule is [B]C(OC)OC.[Zn]. The van der Waals surface area contributed by atoms with Crippen LogP contribution in [0.2, 0.25) is 0 Å². The van der Waals surface area contributed by atoms with Gasteiger partial charge in [-0.2, -0.15) is 0 Å². The van der Waals surface area contributed by atoms with E-state index in [1.54, 1.807) is 0 Å². The van der Waals surface area contributed by atoms with Crippen LogP contribution in [0.4, 0.5) is 0 Å². The molecule has 4 heteroatoms. The molecule has 0 heterocycles. The van der Waals surface area contributed by atoms with E-state index >= 15 is 0 Å². The first kappa shape index (κ1) is 10.6. The van der Waals surface area contributed by atoms with Crippen LogP contribution in [0.15, 0.2) is 0 Å². The Balaban J connectivity index is 0. The average Bonchev–Trinajstić information content (AvgIpc) is 1.65. The third-order valence-electron chi connectivity index (χ3n) is 0.465. The first-order valence-corrected chi connectivity index (χ1v) is 1.62. The van der Waals surface area contributed by atoms with Gasteiger partial charge in [-0.1, -0.05) is 0 Å². The zero-order valence-electron chi connectivity index (χ0n) is 4.68. The monoisotopic (exact) mass is 150 g/mol. The fourth-order valence-electron chi connectivity index (χ4n) is 0.0962. The predicted octanol–water partition coefficient (Wildman–Crippen LogP) is -0.271. The molecule has 0 rings (SSSR count). The third kappa shape index (κ3) is 6.61. The molecule has 2 nitrogen and oxygen atoms in total. The van der Waals surface area contributed by atoms with E-state index in [4.69, 9.17) is 7.85 Å². The zero-order chi connectivity index (χ0) is 4.99. The second-order valence-electron chi connectivity index (χ2n) is 0.840. The molecule has 36 valence electrons. The summed E-state index contributed by atoms with van der Waals surface area (Å²) in [6.07, 6.45) is -0.565. The number of hydrogen-bond acceptors (Lipinski definition) is 2. The van der Waals surface area contributed by atoms with Crippen LogP contribution >= 0.6 is 0 Å². The smallest absolute Gasteiger partial charge is 0.149 e. The molecular formula is C3H7BO2Zn. The molecular weight excluding hydrogens is 144 g/mol. The van der Waals surface area contributed by atoms with Crippen molar-refractivity contribution in [3.63, 3.8) is 0 Å². The summed E-state index contributed by atoms with van der Waals surface area (Å²) in [6, 6.07) is 0. The minimum absolute atomic E-state index is 0. The molecule has 0 aromatic rings. The molecule has 0 N–H and O–H groups in total. The summed E-state index contributed by atoms with van der Waals surface area (Å²) in [5.74, 6) is 0. The van der Waals surface area contributed by atoms with Crippen molar-refractivity contribution in [2.75, 3.05) is 14.2 Å². The normalized spacial score (nSPS) is 8.43. The van der Waals surface area contributed by atoms with E-state index in [0.29, 0.717) is 0 Å². The van der Waals surface area contributed by atoms with E-state index < -0.39 is 6.19 Å². The second-order valence-corrected chi connectivity index (χ2v) is 0.840. The maximum Gasteiger partial charge on any atom is 0.149 e. The molecule has 0 saturated carbocycles. The van der Waals surface area contributed by atoms with E-state index in [1.807, 2.05) is 0 Å². The van der Waals surface area contributed by atoms with Gasteiger partial charge in [0.25, 0.3) is 0 Å². The molecule has 7 heavy (non-hydrogen) atoms. The van der Waals surface area contributed by atoms with Gasteiger partial charge in [0, 0.05) is 33.7 Å². The first-order valence-electron chi connectivity index (χ1n) is 1.62. The molecule has 0 fully saturated rings. The molecule has 0 aliphatic carbocycles. The van der Waals surface area contributed by atoms with Crippen molar-refractivity contribution in [3.8, 4) is 0 Å². The fraction of sp³-hybridized carbons (Fsp3) is 1.00. The van der Waals surface area contributed by atoms with E-state index in [2.05, 4.69) is 9.47 Å². The van der Waals surface area contributed by atoms with E-state index in [-0.39, 0.29) is 19.5 Å². The minimum Gasteiger partial charge on any atom is -0.365 e. The molecule has 0 aliphatic heterocycles. The van der Waals surface area contributed by atoms with Gasteiger partial charge in [-0.05, 0) is 0 Å². The van der Waals surface area contributed by atoms with Gasteiger partial charge in [0.05, 0.1) is 0 Å². The minimum atomic E-state index is -0.565. The number of ether oxygens (including phenoxy) is 2. The van der Waals surface area contributed by atoms with Crippen molar-refractivity contribution in [3.05, 3.63) is 0 Å².